The number of halogens is 2. The predicted molar refractivity (Wildman–Crippen MR) is 165 cm³/mol. The fourth-order valence-electron chi connectivity index (χ4n) is 5.06. The summed E-state index contributed by atoms with van der Waals surface area (Å²) in [5, 5.41) is 15.6. The summed E-state index contributed by atoms with van der Waals surface area (Å²) < 4.78 is 34.7. The van der Waals surface area contributed by atoms with Crippen molar-refractivity contribution in [2.45, 2.75) is 45.0 Å². The lowest BCUT2D eigenvalue weighted by molar-refractivity contribution is 0.0968. The maximum Gasteiger partial charge on any atom is 0.317 e. The van der Waals surface area contributed by atoms with Crippen LogP contribution in [-0.2, 0) is 18.2 Å². The van der Waals surface area contributed by atoms with Gasteiger partial charge in [-0.25, -0.2) is 13.6 Å². The molecule has 11 heteroatoms. The number of urea groups is 1. The number of carbonyl (C=O) groups excluding carboxylic acids is 1. The van der Waals surface area contributed by atoms with Gasteiger partial charge in [-0.05, 0) is 55.4 Å². The van der Waals surface area contributed by atoms with Crippen molar-refractivity contribution in [1.82, 2.24) is 20.0 Å². The molecule has 5 rings (SSSR count). The number of benzene rings is 1. The molecule has 1 aromatic carbocycles. The van der Waals surface area contributed by atoms with E-state index in [2.05, 4.69) is 36.4 Å². The van der Waals surface area contributed by atoms with Gasteiger partial charge in [0.25, 0.3) is 6.43 Å². The highest BCUT2D eigenvalue weighted by Gasteiger charge is 2.30. The van der Waals surface area contributed by atoms with Crippen LogP contribution in [0.3, 0.4) is 0 Å². The first-order valence-electron chi connectivity index (χ1n) is 14.0. The van der Waals surface area contributed by atoms with Crippen LogP contribution in [0, 0.1) is 18.3 Å². The minimum Gasteiger partial charge on any atom is -0.402 e. The first kappa shape index (κ1) is 34.0. The first-order valence-corrected chi connectivity index (χ1v) is 14.0. The first-order chi connectivity index (χ1) is 20.3. The van der Waals surface area contributed by atoms with Gasteiger partial charge in [0.2, 0.25) is 0 Å². The van der Waals surface area contributed by atoms with Crippen molar-refractivity contribution in [3.8, 4) is 24.0 Å². The maximum absolute atomic E-state index is 14.0. The van der Waals surface area contributed by atoms with E-state index in [1.165, 1.54) is 25.3 Å². The van der Waals surface area contributed by atoms with E-state index >= 15 is 0 Å². The molecule has 1 fully saturated rings. The Balaban J connectivity index is 0.000000533. The zero-order chi connectivity index (χ0) is 31.2. The number of ether oxygens (including phenoxy) is 1. The van der Waals surface area contributed by atoms with Crippen molar-refractivity contribution in [3.63, 3.8) is 0 Å². The Labute approximate surface area is 247 Å². The van der Waals surface area contributed by atoms with Crippen LogP contribution in [0.25, 0.3) is 11.1 Å². The van der Waals surface area contributed by atoms with E-state index in [0.717, 1.165) is 31.6 Å². The molecule has 2 amide bonds. The summed E-state index contributed by atoms with van der Waals surface area (Å²) in [6.45, 7) is 9.21. The Kier molecular flexibility index (Phi) is 13.7. The zero-order valence-electron chi connectivity index (χ0n) is 24.7. The molecule has 228 valence electrons. The molecule has 3 aliphatic heterocycles. The molecule has 0 saturated carbocycles. The number of aromatic nitrogens is 2. The van der Waals surface area contributed by atoms with Crippen molar-refractivity contribution in [3.05, 3.63) is 60.1 Å². The fourth-order valence-corrected chi connectivity index (χ4v) is 5.06. The molecule has 42 heavy (non-hydrogen) atoms. The standard InChI is InChI=1S/C22H27F2N7O.C5H10O.C2H4.C2H2/c1-27-22(32)30-7-5-18(25)17(12-30)21(26)31-6-3-4-13-8-15(14-10-28-29(2)11-14)16(20(23)24)9-19(13)31;1-2-4-6-5-3-1;2*1-2/h8-11,20,26H,3-7,12,25H2,1-2H3,(H,27,32);1-5H2;1-2H2;1-2H. The highest BCUT2D eigenvalue weighted by molar-refractivity contribution is 6.09. The molecular weight excluding hydrogens is 540 g/mol. The summed E-state index contributed by atoms with van der Waals surface area (Å²) in [5.41, 5.74) is 9.84. The van der Waals surface area contributed by atoms with Crippen LogP contribution in [0.15, 0.2) is 49.0 Å². The molecule has 0 unspecified atom stereocenters. The minimum absolute atomic E-state index is 0.0889. The van der Waals surface area contributed by atoms with Gasteiger partial charge in [0.1, 0.15) is 5.84 Å². The van der Waals surface area contributed by atoms with E-state index in [4.69, 9.17) is 15.9 Å². The lowest BCUT2D eigenvalue weighted by Gasteiger charge is -2.36. The molecule has 0 spiro atoms. The Morgan fingerprint density at radius 1 is 1.14 bits per heavy atom. The number of aryl methyl sites for hydroxylation is 2. The van der Waals surface area contributed by atoms with Gasteiger partial charge < -0.3 is 25.6 Å². The molecule has 3 aliphatic rings. The number of anilines is 1. The highest BCUT2D eigenvalue weighted by Crippen LogP contribution is 2.39. The number of carbonyl (C=O) groups is 1. The predicted octanol–water partition coefficient (Wildman–Crippen LogP) is 5.25. The van der Waals surface area contributed by atoms with Crippen LogP contribution in [0.4, 0.5) is 19.3 Å². The van der Waals surface area contributed by atoms with Crippen LogP contribution in [-0.4, -0.2) is 66.4 Å². The van der Waals surface area contributed by atoms with Crippen LogP contribution in [0.2, 0.25) is 0 Å². The molecule has 9 nitrogen and oxygen atoms in total. The summed E-state index contributed by atoms with van der Waals surface area (Å²) in [5.74, 6) is 0.159. The van der Waals surface area contributed by atoms with E-state index in [0.29, 0.717) is 47.6 Å². The number of hydrogen-bond acceptors (Lipinski definition) is 5. The molecular formula is C31H43F2N7O2. The maximum atomic E-state index is 14.0. The third-order valence-electron chi connectivity index (χ3n) is 7.14. The number of nitrogens with zero attached hydrogens (tertiary/aromatic N) is 4. The lowest BCUT2D eigenvalue weighted by atomic mass is 9.92. The van der Waals surface area contributed by atoms with E-state index in [1.807, 2.05) is 0 Å². The minimum atomic E-state index is -2.67. The Hall–Kier alpha value is -4.17. The smallest absolute Gasteiger partial charge is 0.317 e. The number of nitrogens with one attached hydrogen (secondary N) is 2. The summed E-state index contributed by atoms with van der Waals surface area (Å²) in [4.78, 5) is 15.4. The van der Waals surface area contributed by atoms with Gasteiger partial charge in [-0.1, -0.05) is 0 Å². The average Bonchev–Trinajstić information content (AvgIpc) is 3.48. The Morgan fingerprint density at radius 2 is 1.83 bits per heavy atom. The Morgan fingerprint density at radius 3 is 2.36 bits per heavy atom. The molecule has 0 bridgehead atoms. The number of fused-ring (bicyclic) bond motifs is 1. The number of amides is 2. The number of amidine groups is 1. The van der Waals surface area contributed by atoms with Crippen LogP contribution in [0.5, 0.6) is 0 Å². The summed E-state index contributed by atoms with van der Waals surface area (Å²) in [7, 11) is 3.30. The van der Waals surface area contributed by atoms with Gasteiger partial charge in [-0.2, -0.15) is 5.10 Å². The largest absolute Gasteiger partial charge is 0.402 e. The van der Waals surface area contributed by atoms with Gasteiger partial charge in [-0.15, -0.1) is 26.0 Å². The number of hydrogen-bond donors (Lipinski definition) is 3. The quantitative estimate of drug-likeness (QED) is 0.198. The van der Waals surface area contributed by atoms with Crippen molar-refractivity contribution >= 4 is 17.6 Å². The topological polar surface area (TPSA) is 112 Å². The van der Waals surface area contributed by atoms with Crippen molar-refractivity contribution in [2.75, 3.05) is 44.8 Å². The fraction of sp³-hybridized carbons (Fsp3) is 0.452. The molecule has 2 aromatic rings. The molecule has 1 saturated heterocycles. The molecule has 4 heterocycles. The third-order valence-corrected chi connectivity index (χ3v) is 7.14. The second kappa shape index (κ2) is 16.9. The molecule has 0 aliphatic carbocycles. The average molecular weight is 584 g/mol. The van der Waals surface area contributed by atoms with Gasteiger partial charge in [-0.3, -0.25) is 10.1 Å². The normalized spacial score (nSPS) is 16.1. The number of nitrogens with two attached hydrogens (primary N) is 1. The zero-order valence-corrected chi connectivity index (χ0v) is 24.7. The summed E-state index contributed by atoms with van der Waals surface area (Å²) in [6, 6.07) is 3.05. The number of terminal acetylenes is 1. The molecule has 0 atom stereocenters. The van der Waals surface area contributed by atoms with E-state index in [9.17, 15) is 13.6 Å². The highest BCUT2D eigenvalue weighted by atomic mass is 19.3. The van der Waals surface area contributed by atoms with Crippen LogP contribution in [0.1, 0.15) is 49.7 Å². The van der Waals surface area contributed by atoms with Gasteiger partial charge in [0.05, 0.1) is 12.7 Å². The summed E-state index contributed by atoms with van der Waals surface area (Å²) in [6.07, 6.45) is 14.5. The van der Waals surface area contributed by atoms with Gasteiger partial charge in [0, 0.05) is 81.1 Å². The van der Waals surface area contributed by atoms with E-state index in [1.54, 1.807) is 47.0 Å². The molecule has 0 radical (unpaired) electrons. The second-order valence-corrected chi connectivity index (χ2v) is 9.78. The van der Waals surface area contributed by atoms with E-state index < -0.39 is 6.43 Å². The lowest BCUT2D eigenvalue weighted by Crippen LogP contribution is -2.47. The van der Waals surface area contributed by atoms with Crippen LogP contribution < -0.4 is 16.0 Å². The number of alkyl halides is 2. The van der Waals surface area contributed by atoms with Crippen molar-refractivity contribution in [2.24, 2.45) is 12.8 Å². The molecule has 1 aromatic heterocycles. The van der Waals surface area contributed by atoms with Crippen LogP contribution >= 0.6 is 0 Å². The third kappa shape index (κ3) is 8.42. The monoisotopic (exact) mass is 583 g/mol. The molecule has 4 N–H and O–H groups in total. The second-order valence-electron chi connectivity index (χ2n) is 9.78. The van der Waals surface area contributed by atoms with Crippen molar-refractivity contribution < 1.29 is 18.3 Å². The van der Waals surface area contributed by atoms with Crippen molar-refractivity contribution in [1.29, 1.82) is 5.41 Å². The summed E-state index contributed by atoms with van der Waals surface area (Å²) >= 11 is 0. The number of rotatable bonds is 3. The Bertz CT molecular complexity index is 1240. The van der Waals surface area contributed by atoms with Gasteiger partial charge in [0.15, 0.2) is 0 Å². The van der Waals surface area contributed by atoms with Gasteiger partial charge >= 0.3 is 6.03 Å². The van der Waals surface area contributed by atoms with E-state index in [-0.39, 0.29) is 24.0 Å². The SMILES string of the molecule is C#C.C1CCOCC1.C=C.CNC(=O)N1CCC(N)=C(C(=N)N2CCCc3cc(-c4cnn(C)c4)c(C(F)F)cc32)C1.